The van der Waals surface area contributed by atoms with Gasteiger partial charge in [0, 0.05) is 12.4 Å². The summed E-state index contributed by atoms with van der Waals surface area (Å²) < 4.78 is 0. The molecule has 0 amide bonds. The fourth-order valence-electron chi connectivity index (χ4n) is 1.66. The number of rotatable bonds is 2. The summed E-state index contributed by atoms with van der Waals surface area (Å²) >= 11 is 0. The third-order valence-corrected chi connectivity index (χ3v) is 2.34. The van der Waals surface area contributed by atoms with Crippen molar-refractivity contribution < 1.29 is 5.11 Å². The van der Waals surface area contributed by atoms with Gasteiger partial charge in [-0.1, -0.05) is 0 Å². The number of aliphatic hydroxyl groups is 1. The van der Waals surface area contributed by atoms with Gasteiger partial charge in [-0.05, 0) is 31.7 Å². The maximum atomic E-state index is 9.95. The molecule has 1 aliphatic rings. The normalized spacial score (nSPS) is 20.1. The standard InChI is InChI=1S/C9H13N3O/c13-9(4-1-2-5-9)12-8-10-6-3-7-11-8/h3,6-7,13H,1-2,4-5H2,(H,10,11,12). The maximum Gasteiger partial charge on any atom is 0.224 e. The van der Waals surface area contributed by atoms with Gasteiger partial charge < -0.3 is 10.4 Å². The molecule has 0 unspecified atom stereocenters. The Bertz CT molecular complexity index is 269. The Morgan fingerprint density at radius 2 is 1.85 bits per heavy atom. The zero-order valence-electron chi connectivity index (χ0n) is 7.40. The minimum Gasteiger partial charge on any atom is -0.371 e. The number of anilines is 1. The minimum atomic E-state index is -0.776. The first-order valence-electron chi connectivity index (χ1n) is 4.56. The van der Waals surface area contributed by atoms with Gasteiger partial charge in [0.25, 0.3) is 0 Å². The van der Waals surface area contributed by atoms with Crippen LogP contribution in [0.1, 0.15) is 25.7 Å². The van der Waals surface area contributed by atoms with Crippen molar-refractivity contribution in [3.8, 4) is 0 Å². The molecule has 1 fully saturated rings. The third-order valence-electron chi connectivity index (χ3n) is 2.34. The van der Waals surface area contributed by atoms with Crippen molar-refractivity contribution in [2.75, 3.05) is 5.32 Å². The average Bonchev–Trinajstić information content (AvgIpc) is 2.54. The lowest BCUT2D eigenvalue weighted by Gasteiger charge is -2.23. The Kier molecular flexibility index (Phi) is 2.14. The molecule has 1 aliphatic carbocycles. The van der Waals surface area contributed by atoms with E-state index in [1.165, 1.54) is 0 Å². The molecule has 1 aromatic rings. The summed E-state index contributed by atoms with van der Waals surface area (Å²) in [6.45, 7) is 0. The topological polar surface area (TPSA) is 58.0 Å². The molecular weight excluding hydrogens is 166 g/mol. The zero-order valence-corrected chi connectivity index (χ0v) is 7.40. The van der Waals surface area contributed by atoms with Crippen LogP contribution in [0.15, 0.2) is 18.5 Å². The fourth-order valence-corrected chi connectivity index (χ4v) is 1.66. The molecule has 0 radical (unpaired) electrons. The van der Waals surface area contributed by atoms with E-state index in [2.05, 4.69) is 15.3 Å². The lowest BCUT2D eigenvalue weighted by Crippen LogP contribution is -2.35. The molecule has 1 saturated carbocycles. The van der Waals surface area contributed by atoms with Crippen LogP contribution >= 0.6 is 0 Å². The Balaban J connectivity index is 2.05. The minimum absolute atomic E-state index is 0.506. The van der Waals surface area contributed by atoms with E-state index >= 15 is 0 Å². The Hall–Kier alpha value is -1.16. The van der Waals surface area contributed by atoms with Crippen molar-refractivity contribution >= 4 is 5.95 Å². The molecule has 2 rings (SSSR count). The van der Waals surface area contributed by atoms with Crippen LogP contribution in [0.3, 0.4) is 0 Å². The SMILES string of the molecule is OC1(Nc2ncccn2)CCCC1. The van der Waals surface area contributed by atoms with E-state index in [1.54, 1.807) is 18.5 Å². The van der Waals surface area contributed by atoms with Crippen molar-refractivity contribution in [1.82, 2.24) is 9.97 Å². The highest BCUT2D eigenvalue weighted by Crippen LogP contribution is 2.29. The van der Waals surface area contributed by atoms with Crippen LogP contribution in [0, 0.1) is 0 Å². The Morgan fingerprint density at radius 3 is 2.46 bits per heavy atom. The van der Waals surface area contributed by atoms with E-state index in [1.807, 2.05) is 0 Å². The third kappa shape index (κ3) is 1.95. The lowest BCUT2D eigenvalue weighted by molar-refractivity contribution is 0.0770. The first kappa shape index (κ1) is 8.44. The molecule has 2 N–H and O–H groups in total. The quantitative estimate of drug-likeness (QED) is 0.669. The van der Waals surface area contributed by atoms with Crippen molar-refractivity contribution in [2.45, 2.75) is 31.4 Å². The average molecular weight is 179 g/mol. The van der Waals surface area contributed by atoms with E-state index in [0.29, 0.717) is 5.95 Å². The van der Waals surface area contributed by atoms with E-state index < -0.39 is 5.72 Å². The molecular formula is C9H13N3O. The monoisotopic (exact) mass is 179 g/mol. The molecule has 0 bridgehead atoms. The van der Waals surface area contributed by atoms with Crippen LogP contribution < -0.4 is 5.32 Å². The van der Waals surface area contributed by atoms with Crippen LogP contribution in [0.5, 0.6) is 0 Å². The highest BCUT2D eigenvalue weighted by Gasteiger charge is 2.31. The largest absolute Gasteiger partial charge is 0.371 e. The second-order valence-electron chi connectivity index (χ2n) is 3.44. The lowest BCUT2D eigenvalue weighted by atomic mass is 10.2. The summed E-state index contributed by atoms with van der Waals surface area (Å²) in [4.78, 5) is 8.01. The van der Waals surface area contributed by atoms with E-state index in [0.717, 1.165) is 25.7 Å². The highest BCUT2D eigenvalue weighted by atomic mass is 16.3. The van der Waals surface area contributed by atoms with Gasteiger partial charge in [-0.15, -0.1) is 0 Å². The summed E-state index contributed by atoms with van der Waals surface area (Å²) in [6.07, 6.45) is 7.02. The van der Waals surface area contributed by atoms with Crippen LogP contribution in [0.4, 0.5) is 5.95 Å². The second-order valence-corrected chi connectivity index (χ2v) is 3.44. The first-order valence-corrected chi connectivity index (χ1v) is 4.56. The van der Waals surface area contributed by atoms with E-state index in [-0.39, 0.29) is 0 Å². The van der Waals surface area contributed by atoms with Crippen LogP contribution in [0.25, 0.3) is 0 Å². The molecule has 4 heteroatoms. The zero-order chi connectivity index (χ0) is 9.15. The number of hydrogen-bond donors (Lipinski definition) is 2. The summed E-state index contributed by atoms with van der Waals surface area (Å²) in [7, 11) is 0. The molecule has 0 spiro atoms. The second kappa shape index (κ2) is 3.30. The summed E-state index contributed by atoms with van der Waals surface area (Å²) in [6, 6.07) is 1.75. The van der Waals surface area contributed by atoms with Crippen molar-refractivity contribution in [3.63, 3.8) is 0 Å². The molecule has 13 heavy (non-hydrogen) atoms. The van der Waals surface area contributed by atoms with Crippen molar-refractivity contribution in [1.29, 1.82) is 0 Å². The Morgan fingerprint density at radius 1 is 1.23 bits per heavy atom. The first-order chi connectivity index (χ1) is 6.29. The van der Waals surface area contributed by atoms with E-state index in [9.17, 15) is 5.11 Å². The maximum absolute atomic E-state index is 9.95. The predicted octanol–water partition coefficient (Wildman–Crippen LogP) is 1.15. The van der Waals surface area contributed by atoms with Gasteiger partial charge in [-0.2, -0.15) is 0 Å². The summed E-state index contributed by atoms with van der Waals surface area (Å²) in [5.74, 6) is 0.506. The molecule has 1 aromatic heterocycles. The van der Waals surface area contributed by atoms with Gasteiger partial charge in [0.2, 0.25) is 5.95 Å². The van der Waals surface area contributed by atoms with Crippen molar-refractivity contribution in [2.24, 2.45) is 0 Å². The summed E-state index contributed by atoms with van der Waals surface area (Å²) in [5.41, 5.74) is -0.776. The van der Waals surface area contributed by atoms with Gasteiger partial charge in [-0.25, -0.2) is 9.97 Å². The summed E-state index contributed by atoms with van der Waals surface area (Å²) in [5, 5.41) is 12.9. The predicted molar refractivity (Wildman–Crippen MR) is 49.1 cm³/mol. The van der Waals surface area contributed by atoms with Gasteiger partial charge in [0.1, 0.15) is 5.72 Å². The smallest absolute Gasteiger partial charge is 0.224 e. The molecule has 0 aliphatic heterocycles. The molecule has 70 valence electrons. The fraction of sp³-hybridized carbons (Fsp3) is 0.556. The molecule has 1 heterocycles. The Labute approximate surface area is 77.0 Å². The van der Waals surface area contributed by atoms with Gasteiger partial charge >= 0.3 is 0 Å². The van der Waals surface area contributed by atoms with Gasteiger partial charge in [-0.3, -0.25) is 0 Å². The van der Waals surface area contributed by atoms with Gasteiger partial charge in [0.15, 0.2) is 0 Å². The molecule has 4 nitrogen and oxygen atoms in total. The molecule has 0 saturated heterocycles. The van der Waals surface area contributed by atoms with Crippen LogP contribution in [-0.4, -0.2) is 20.8 Å². The van der Waals surface area contributed by atoms with Crippen LogP contribution in [-0.2, 0) is 0 Å². The molecule has 0 atom stereocenters. The number of nitrogens with zero attached hydrogens (tertiary/aromatic N) is 2. The number of aromatic nitrogens is 2. The van der Waals surface area contributed by atoms with E-state index in [4.69, 9.17) is 0 Å². The van der Waals surface area contributed by atoms with Crippen LogP contribution in [0.2, 0.25) is 0 Å². The van der Waals surface area contributed by atoms with Crippen molar-refractivity contribution in [3.05, 3.63) is 18.5 Å². The number of nitrogens with one attached hydrogen (secondary N) is 1. The van der Waals surface area contributed by atoms with Gasteiger partial charge in [0.05, 0.1) is 0 Å². The number of hydrogen-bond acceptors (Lipinski definition) is 4. The molecule has 0 aromatic carbocycles. The highest BCUT2D eigenvalue weighted by molar-refractivity contribution is 5.26.